The van der Waals surface area contributed by atoms with Gasteiger partial charge in [0.1, 0.15) is 0 Å². The first kappa shape index (κ1) is 12.9. The highest BCUT2D eigenvalue weighted by Crippen LogP contribution is 2.27. The maximum absolute atomic E-state index is 4.65. The van der Waals surface area contributed by atoms with E-state index >= 15 is 0 Å². The van der Waals surface area contributed by atoms with Crippen molar-refractivity contribution in [2.45, 2.75) is 13.0 Å². The molecule has 0 saturated heterocycles. The lowest BCUT2D eigenvalue weighted by atomic mass is 10.1. The summed E-state index contributed by atoms with van der Waals surface area (Å²) in [4.78, 5) is 4.65. The molecule has 20 heavy (non-hydrogen) atoms. The number of rotatable bonds is 4. The largest absolute Gasteiger partial charge is 0.355 e. The molecule has 0 aliphatic rings. The van der Waals surface area contributed by atoms with Gasteiger partial charge in [-0.15, -0.1) is 11.3 Å². The summed E-state index contributed by atoms with van der Waals surface area (Å²) in [5.74, 6) is 0. The number of thiazole rings is 1. The van der Waals surface area contributed by atoms with Gasteiger partial charge in [0.2, 0.25) is 0 Å². The van der Waals surface area contributed by atoms with Crippen LogP contribution in [-0.2, 0) is 0 Å². The van der Waals surface area contributed by atoms with Crippen LogP contribution in [0.25, 0.3) is 11.3 Å². The molecule has 3 rings (SSSR count). The number of benzene rings is 2. The summed E-state index contributed by atoms with van der Waals surface area (Å²) in [5.41, 5.74) is 3.45. The Morgan fingerprint density at radius 2 is 1.60 bits per heavy atom. The fourth-order valence-corrected chi connectivity index (χ4v) is 2.90. The minimum Gasteiger partial charge on any atom is -0.355 e. The van der Waals surface area contributed by atoms with Gasteiger partial charge in [-0.05, 0) is 12.5 Å². The van der Waals surface area contributed by atoms with Crippen molar-refractivity contribution in [2.24, 2.45) is 0 Å². The molecule has 100 valence electrons. The smallest absolute Gasteiger partial charge is 0.183 e. The van der Waals surface area contributed by atoms with Crippen LogP contribution in [0.1, 0.15) is 18.5 Å². The molecule has 3 heteroatoms. The van der Waals surface area contributed by atoms with E-state index in [0.717, 1.165) is 16.4 Å². The van der Waals surface area contributed by atoms with E-state index in [0.29, 0.717) is 0 Å². The Morgan fingerprint density at radius 3 is 2.30 bits per heavy atom. The molecule has 2 aromatic carbocycles. The van der Waals surface area contributed by atoms with Crippen molar-refractivity contribution in [1.82, 2.24) is 4.98 Å². The molecule has 1 atom stereocenters. The van der Waals surface area contributed by atoms with Crippen molar-refractivity contribution in [1.29, 1.82) is 0 Å². The number of anilines is 1. The van der Waals surface area contributed by atoms with E-state index in [1.54, 1.807) is 11.3 Å². The van der Waals surface area contributed by atoms with Crippen LogP contribution >= 0.6 is 11.3 Å². The van der Waals surface area contributed by atoms with Crippen LogP contribution in [0.5, 0.6) is 0 Å². The monoisotopic (exact) mass is 280 g/mol. The molecule has 1 unspecified atom stereocenters. The van der Waals surface area contributed by atoms with E-state index in [9.17, 15) is 0 Å². The maximum Gasteiger partial charge on any atom is 0.183 e. The van der Waals surface area contributed by atoms with E-state index in [2.05, 4.69) is 59.0 Å². The highest BCUT2D eigenvalue weighted by molar-refractivity contribution is 7.14. The molecule has 1 aromatic heterocycles. The Balaban J connectivity index is 1.75. The third-order valence-electron chi connectivity index (χ3n) is 3.21. The Hall–Kier alpha value is -2.13. The summed E-state index contributed by atoms with van der Waals surface area (Å²) in [7, 11) is 0. The lowest BCUT2D eigenvalue weighted by Crippen LogP contribution is -2.05. The van der Waals surface area contributed by atoms with Gasteiger partial charge in [0, 0.05) is 10.9 Å². The SMILES string of the molecule is CC(Nc1nc(-c2ccccc2)cs1)c1ccccc1. The Bertz CT molecular complexity index is 662. The van der Waals surface area contributed by atoms with Crippen LogP contribution in [0.4, 0.5) is 5.13 Å². The van der Waals surface area contributed by atoms with Crippen LogP contribution in [0.3, 0.4) is 0 Å². The topological polar surface area (TPSA) is 24.9 Å². The summed E-state index contributed by atoms with van der Waals surface area (Å²) in [6.07, 6.45) is 0. The first-order valence-corrected chi connectivity index (χ1v) is 7.53. The summed E-state index contributed by atoms with van der Waals surface area (Å²) in [6, 6.07) is 20.9. The fraction of sp³-hybridized carbons (Fsp3) is 0.118. The van der Waals surface area contributed by atoms with Crippen LogP contribution in [0.15, 0.2) is 66.0 Å². The van der Waals surface area contributed by atoms with Gasteiger partial charge in [0.25, 0.3) is 0 Å². The lowest BCUT2D eigenvalue weighted by Gasteiger charge is -2.12. The summed E-state index contributed by atoms with van der Waals surface area (Å²) in [5, 5.41) is 6.51. The number of aromatic nitrogens is 1. The van der Waals surface area contributed by atoms with Gasteiger partial charge in [-0.1, -0.05) is 60.7 Å². The molecule has 1 heterocycles. The van der Waals surface area contributed by atoms with Gasteiger partial charge in [-0.2, -0.15) is 0 Å². The van der Waals surface area contributed by atoms with E-state index in [1.807, 2.05) is 24.3 Å². The molecule has 1 N–H and O–H groups in total. The molecular formula is C17H16N2S. The Kier molecular flexibility index (Phi) is 3.79. The molecule has 0 fully saturated rings. The van der Waals surface area contributed by atoms with Gasteiger partial charge in [0.15, 0.2) is 5.13 Å². The minimum absolute atomic E-state index is 0.256. The Labute approximate surface area is 123 Å². The summed E-state index contributed by atoms with van der Waals surface area (Å²) >= 11 is 1.65. The highest BCUT2D eigenvalue weighted by Gasteiger charge is 2.08. The van der Waals surface area contributed by atoms with E-state index < -0.39 is 0 Å². The molecule has 0 aliphatic heterocycles. The second-order valence-electron chi connectivity index (χ2n) is 4.68. The number of nitrogens with zero attached hydrogens (tertiary/aromatic N) is 1. The normalized spacial score (nSPS) is 12.1. The Morgan fingerprint density at radius 1 is 0.950 bits per heavy atom. The van der Waals surface area contributed by atoms with Gasteiger partial charge in [-0.3, -0.25) is 0 Å². The molecule has 0 spiro atoms. The molecule has 3 aromatic rings. The fourth-order valence-electron chi connectivity index (χ4n) is 2.09. The molecule has 2 nitrogen and oxygen atoms in total. The van der Waals surface area contributed by atoms with Gasteiger partial charge < -0.3 is 5.32 Å². The van der Waals surface area contributed by atoms with Crippen LogP contribution in [-0.4, -0.2) is 4.98 Å². The van der Waals surface area contributed by atoms with Gasteiger partial charge in [0.05, 0.1) is 11.7 Å². The third kappa shape index (κ3) is 2.89. The zero-order valence-electron chi connectivity index (χ0n) is 11.3. The van der Waals surface area contributed by atoms with Gasteiger partial charge >= 0.3 is 0 Å². The zero-order valence-corrected chi connectivity index (χ0v) is 12.1. The standard InChI is InChI=1S/C17H16N2S/c1-13(14-8-4-2-5-9-14)18-17-19-16(12-20-17)15-10-6-3-7-11-15/h2-13H,1H3,(H,18,19). The predicted molar refractivity (Wildman–Crippen MR) is 86.0 cm³/mol. The number of hydrogen-bond donors (Lipinski definition) is 1. The minimum atomic E-state index is 0.256. The second kappa shape index (κ2) is 5.88. The molecular weight excluding hydrogens is 264 g/mol. The van der Waals surface area contributed by atoms with E-state index in [-0.39, 0.29) is 6.04 Å². The highest BCUT2D eigenvalue weighted by atomic mass is 32.1. The van der Waals surface area contributed by atoms with Crippen molar-refractivity contribution in [3.8, 4) is 11.3 Å². The predicted octanol–water partition coefficient (Wildman–Crippen LogP) is 4.98. The lowest BCUT2D eigenvalue weighted by molar-refractivity contribution is 0.882. The van der Waals surface area contributed by atoms with Crippen molar-refractivity contribution in [3.63, 3.8) is 0 Å². The van der Waals surface area contributed by atoms with E-state index in [4.69, 9.17) is 0 Å². The first-order chi connectivity index (χ1) is 9.83. The molecule has 0 radical (unpaired) electrons. The first-order valence-electron chi connectivity index (χ1n) is 6.65. The summed E-state index contributed by atoms with van der Waals surface area (Å²) < 4.78 is 0. The molecule has 0 bridgehead atoms. The average molecular weight is 280 g/mol. The van der Waals surface area contributed by atoms with Crippen molar-refractivity contribution in [3.05, 3.63) is 71.6 Å². The quantitative estimate of drug-likeness (QED) is 0.728. The molecule has 0 aliphatic carbocycles. The second-order valence-corrected chi connectivity index (χ2v) is 5.54. The zero-order chi connectivity index (χ0) is 13.8. The molecule has 0 amide bonds. The van der Waals surface area contributed by atoms with Crippen LogP contribution < -0.4 is 5.32 Å². The van der Waals surface area contributed by atoms with Gasteiger partial charge in [-0.25, -0.2) is 4.98 Å². The van der Waals surface area contributed by atoms with Crippen molar-refractivity contribution in [2.75, 3.05) is 5.32 Å². The van der Waals surface area contributed by atoms with E-state index in [1.165, 1.54) is 5.56 Å². The van der Waals surface area contributed by atoms with Crippen LogP contribution in [0, 0.1) is 0 Å². The number of hydrogen-bond acceptors (Lipinski definition) is 3. The van der Waals surface area contributed by atoms with Crippen LogP contribution in [0.2, 0.25) is 0 Å². The third-order valence-corrected chi connectivity index (χ3v) is 3.99. The van der Waals surface area contributed by atoms with Crippen molar-refractivity contribution < 1.29 is 0 Å². The average Bonchev–Trinajstić information content (AvgIpc) is 2.97. The summed E-state index contributed by atoms with van der Waals surface area (Å²) in [6.45, 7) is 2.15. The van der Waals surface area contributed by atoms with Crippen molar-refractivity contribution >= 4 is 16.5 Å². The number of nitrogens with one attached hydrogen (secondary N) is 1. The molecule has 0 saturated carbocycles. The maximum atomic E-state index is 4.65.